The number of nitrogens with one attached hydrogen (secondary N) is 2. The van der Waals surface area contributed by atoms with E-state index in [1.54, 1.807) is 26.0 Å². The summed E-state index contributed by atoms with van der Waals surface area (Å²) in [7, 11) is -7.38. The molecule has 1 unspecified atom stereocenters. The van der Waals surface area contributed by atoms with E-state index < -0.39 is 26.0 Å². The fraction of sp³-hybridized carbons (Fsp3) is 0.458. The molecule has 10 heteroatoms. The Balaban J connectivity index is 1.58. The lowest BCUT2D eigenvalue weighted by Gasteiger charge is -2.32. The van der Waals surface area contributed by atoms with Crippen LogP contribution >= 0.6 is 0 Å². The molecule has 1 saturated heterocycles. The van der Waals surface area contributed by atoms with E-state index >= 15 is 0 Å². The normalized spacial score (nSPS) is 17.5. The van der Waals surface area contributed by atoms with Crippen molar-refractivity contribution < 1.29 is 21.6 Å². The van der Waals surface area contributed by atoms with Gasteiger partial charge in [-0.15, -0.1) is 0 Å². The average molecular weight is 508 g/mol. The van der Waals surface area contributed by atoms with Crippen LogP contribution in [0.4, 0.5) is 0 Å². The van der Waals surface area contributed by atoms with Crippen LogP contribution in [-0.2, 0) is 24.8 Å². The van der Waals surface area contributed by atoms with Crippen molar-refractivity contribution in [2.24, 2.45) is 5.92 Å². The van der Waals surface area contributed by atoms with Crippen molar-refractivity contribution in [3.63, 3.8) is 0 Å². The van der Waals surface area contributed by atoms with Crippen LogP contribution in [0.2, 0.25) is 0 Å². The van der Waals surface area contributed by atoms with Gasteiger partial charge in [0.1, 0.15) is 0 Å². The molecule has 0 aromatic heterocycles. The number of hydrogen-bond acceptors (Lipinski definition) is 5. The lowest BCUT2D eigenvalue weighted by Crippen LogP contribution is -2.46. The second-order valence-corrected chi connectivity index (χ2v) is 12.6. The molecule has 0 spiro atoms. The summed E-state index contributed by atoms with van der Waals surface area (Å²) >= 11 is 0. The molecule has 1 heterocycles. The number of sulfonamides is 2. The zero-order valence-corrected chi connectivity index (χ0v) is 21.7. The highest BCUT2D eigenvalue weighted by molar-refractivity contribution is 7.89. The molecule has 0 aliphatic carbocycles. The van der Waals surface area contributed by atoms with E-state index in [0.717, 1.165) is 11.1 Å². The molecule has 0 bridgehead atoms. The molecule has 8 nitrogen and oxygen atoms in total. The second-order valence-electron chi connectivity index (χ2n) is 8.93. The van der Waals surface area contributed by atoms with Gasteiger partial charge in [-0.25, -0.2) is 21.6 Å². The number of carbonyl (C=O) groups is 1. The summed E-state index contributed by atoms with van der Waals surface area (Å²) < 4.78 is 55.3. The largest absolute Gasteiger partial charge is 0.355 e. The molecule has 1 atom stereocenters. The molecule has 1 aliphatic rings. The zero-order chi connectivity index (χ0) is 25.1. The van der Waals surface area contributed by atoms with Crippen LogP contribution < -0.4 is 10.0 Å². The van der Waals surface area contributed by atoms with Crippen molar-refractivity contribution >= 4 is 26.0 Å². The third-order valence-electron chi connectivity index (χ3n) is 6.01. The Morgan fingerprint density at radius 2 is 1.56 bits per heavy atom. The Morgan fingerprint density at radius 1 is 0.941 bits per heavy atom. The number of piperidine rings is 1. The van der Waals surface area contributed by atoms with Gasteiger partial charge in [-0.3, -0.25) is 4.79 Å². The topological polar surface area (TPSA) is 113 Å². The van der Waals surface area contributed by atoms with Crippen LogP contribution in [0.3, 0.4) is 0 Å². The Morgan fingerprint density at radius 3 is 2.18 bits per heavy atom. The van der Waals surface area contributed by atoms with Gasteiger partial charge in [0.15, 0.2) is 0 Å². The Labute approximate surface area is 202 Å². The van der Waals surface area contributed by atoms with Crippen molar-refractivity contribution in [2.75, 3.05) is 26.2 Å². The van der Waals surface area contributed by atoms with Crippen LogP contribution in [0.5, 0.6) is 0 Å². The molecule has 34 heavy (non-hydrogen) atoms. The smallest absolute Gasteiger partial charge is 0.243 e. The molecular weight excluding hydrogens is 474 g/mol. The number of benzene rings is 2. The molecule has 3 rings (SSSR count). The van der Waals surface area contributed by atoms with Crippen molar-refractivity contribution in [1.29, 1.82) is 0 Å². The van der Waals surface area contributed by atoms with E-state index in [1.807, 2.05) is 26.0 Å². The SMILES string of the molecule is Cc1ccc(S(=O)(=O)NCCNC(=O)C2CCCN(S(=O)(=O)c3c(C)cc(C)cc3C)C2)cc1. The van der Waals surface area contributed by atoms with E-state index in [2.05, 4.69) is 10.0 Å². The lowest BCUT2D eigenvalue weighted by atomic mass is 9.99. The fourth-order valence-electron chi connectivity index (χ4n) is 4.39. The minimum atomic E-state index is -3.72. The van der Waals surface area contributed by atoms with Crippen molar-refractivity contribution in [3.8, 4) is 0 Å². The molecule has 1 fully saturated rings. The molecule has 2 aromatic rings. The van der Waals surface area contributed by atoms with Crippen LogP contribution in [0.25, 0.3) is 0 Å². The maximum absolute atomic E-state index is 13.4. The molecule has 186 valence electrons. The Kier molecular flexibility index (Phi) is 8.18. The highest BCUT2D eigenvalue weighted by Crippen LogP contribution is 2.28. The Bertz CT molecular complexity index is 1230. The molecular formula is C24H33N3O5S2. The van der Waals surface area contributed by atoms with Gasteiger partial charge in [-0.1, -0.05) is 35.4 Å². The van der Waals surface area contributed by atoms with Crippen LogP contribution in [0.15, 0.2) is 46.2 Å². The first kappa shape index (κ1) is 26.3. The van der Waals surface area contributed by atoms with E-state index in [-0.39, 0.29) is 30.4 Å². The highest BCUT2D eigenvalue weighted by atomic mass is 32.2. The van der Waals surface area contributed by atoms with Gasteiger partial charge in [-0.05, 0) is 63.8 Å². The van der Waals surface area contributed by atoms with Crippen LogP contribution in [-0.4, -0.2) is 53.2 Å². The average Bonchev–Trinajstić information content (AvgIpc) is 2.76. The number of hydrogen-bond donors (Lipinski definition) is 2. The number of carbonyl (C=O) groups excluding carboxylic acids is 1. The summed E-state index contributed by atoms with van der Waals surface area (Å²) in [4.78, 5) is 13.2. The predicted octanol–water partition coefficient (Wildman–Crippen LogP) is 2.42. The monoisotopic (exact) mass is 507 g/mol. The van der Waals surface area contributed by atoms with E-state index in [1.165, 1.54) is 16.4 Å². The summed E-state index contributed by atoms with van der Waals surface area (Å²) in [6.45, 7) is 8.02. The van der Waals surface area contributed by atoms with E-state index in [9.17, 15) is 21.6 Å². The number of nitrogens with zero attached hydrogens (tertiary/aromatic N) is 1. The lowest BCUT2D eigenvalue weighted by molar-refractivity contribution is -0.126. The first-order valence-corrected chi connectivity index (χ1v) is 14.3. The summed E-state index contributed by atoms with van der Waals surface area (Å²) in [6, 6.07) is 10.2. The van der Waals surface area contributed by atoms with E-state index in [0.29, 0.717) is 35.4 Å². The van der Waals surface area contributed by atoms with Gasteiger partial charge in [0.2, 0.25) is 26.0 Å². The first-order valence-electron chi connectivity index (χ1n) is 11.3. The van der Waals surface area contributed by atoms with Gasteiger partial charge in [0, 0.05) is 26.2 Å². The zero-order valence-electron chi connectivity index (χ0n) is 20.1. The summed E-state index contributed by atoms with van der Waals surface area (Å²) in [5.74, 6) is -0.755. The minimum absolute atomic E-state index is 0.0401. The van der Waals surface area contributed by atoms with E-state index in [4.69, 9.17) is 0 Å². The fourth-order valence-corrected chi connectivity index (χ4v) is 7.36. The molecule has 1 amide bonds. The third-order valence-corrected chi connectivity index (χ3v) is 9.65. The van der Waals surface area contributed by atoms with Crippen LogP contribution in [0.1, 0.15) is 35.1 Å². The molecule has 0 radical (unpaired) electrons. The van der Waals surface area contributed by atoms with Crippen molar-refractivity contribution in [3.05, 3.63) is 58.7 Å². The van der Waals surface area contributed by atoms with Crippen molar-refractivity contribution in [2.45, 2.75) is 50.3 Å². The van der Waals surface area contributed by atoms with Gasteiger partial charge in [0.05, 0.1) is 15.7 Å². The van der Waals surface area contributed by atoms with Crippen molar-refractivity contribution in [1.82, 2.24) is 14.3 Å². The standard InChI is InChI=1S/C24H33N3O5S2/c1-17-7-9-22(10-8-17)33(29,30)26-12-11-25-24(28)21-6-5-13-27(16-21)34(31,32)23-19(3)14-18(2)15-20(23)4/h7-10,14-15,21,26H,5-6,11-13,16H2,1-4H3,(H,25,28). The van der Waals surface area contributed by atoms with Gasteiger partial charge < -0.3 is 5.32 Å². The summed E-state index contributed by atoms with van der Waals surface area (Å²) in [5, 5.41) is 2.74. The predicted molar refractivity (Wildman–Crippen MR) is 132 cm³/mol. The molecule has 2 aromatic carbocycles. The van der Waals surface area contributed by atoms with Gasteiger partial charge in [-0.2, -0.15) is 4.31 Å². The van der Waals surface area contributed by atoms with Gasteiger partial charge in [0.25, 0.3) is 0 Å². The highest BCUT2D eigenvalue weighted by Gasteiger charge is 2.34. The van der Waals surface area contributed by atoms with Gasteiger partial charge >= 0.3 is 0 Å². The Hall–Kier alpha value is -2.27. The summed E-state index contributed by atoms with van der Waals surface area (Å²) in [5.41, 5.74) is 3.36. The number of aryl methyl sites for hydroxylation is 4. The third kappa shape index (κ3) is 6.04. The maximum atomic E-state index is 13.4. The minimum Gasteiger partial charge on any atom is -0.355 e. The number of rotatable bonds is 8. The summed E-state index contributed by atoms with van der Waals surface area (Å²) in [6.07, 6.45) is 1.17. The van der Waals surface area contributed by atoms with Crippen LogP contribution in [0, 0.1) is 33.6 Å². The second kappa shape index (κ2) is 10.6. The quantitative estimate of drug-likeness (QED) is 0.533. The number of amides is 1. The maximum Gasteiger partial charge on any atom is 0.243 e. The first-order chi connectivity index (χ1) is 15.9. The molecule has 0 saturated carbocycles. The molecule has 2 N–H and O–H groups in total. The molecule has 1 aliphatic heterocycles.